The second-order valence-corrected chi connectivity index (χ2v) is 10.1. The predicted octanol–water partition coefficient (Wildman–Crippen LogP) is 3.26. The fraction of sp³-hybridized carbons (Fsp3) is 0.227. The molecule has 0 atom stereocenters. The van der Waals surface area contributed by atoms with E-state index in [4.69, 9.17) is 4.74 Å². The molecule has 0 unspecified atom stereocenters. The SMILES string of the molecule is COc1ccc2[nH]c(=O)c3sccc3c2c1-c1ccc(S(=O)(=O)NCCN(C)C)cc1. The number of pyridine rings is 1. The molecule has 4 aromatic rings. The van der Waals surface area contributed by atoms with E-state index in [0.717, 1.165) is 21.9 Å². The van der Waals surface area contributed by atoms with Crippen LogP contribution in [0.15, 0.2) is 57.5 Å². The van der Waals surface area contributed by atoms with Gasteiger partial charge in [-0.25, -0.2) is 13.1 Å². The Labute approximate surface area is 184 Å². The number of sulfonamides is 1. The van der Waals surface area contributed by atoms with Crippen LogP contribution in [-0.2, 0) is 10.0 Å². The summed E-state index contributed by atoms with van der Waals surface area (Å²) in [6.45, 7) is 0.942. The van der Waals surface area contributed by atoms with Crippen molar-refractivity contribution in [2.75, 3.05) is 34.3 Å². The molecule has 9 heteroatoms. The molecule has 0 bridgehead atoms. The number of thiophene rings is 1. The summed E-state index contributed by atoms with van der Waals surface area (Å²) in [4.78, 5) is 17.4. The van der Waals surface area contributed by atoms with E-state index in [9.17, 15) is 13.2 Å². The molecule has 0 spiro atoms. The highest BCUT2D eigenvalue weighted by Gasteiger charge is 2.18. The van der Waals surface area contributed by atoms with E-state index in [1.165, 1.54) is 11.3 Å². The zero-order valence-electron chi connectivity index (χ0n) is 17.4. The minimum absolute atomic E-state index is 0.126. The minimum atomic E-state index is -3.60. The zero-order valence-corrected chi connectivity index (χ0v) is 19.1. The first-order valence-electron chi connectivity index (χ1n) is 9.67. The second kappa shape index (κ2) is 8.43. The van der Waals surface area contributed by atoms with Gasteiger partial charge in [0.2, 0.25) is 10.0 Å². The number of ether oxygens (including phenoxy) is 1. The molecule has 7 nitrogen and oxygen atoms in total. The number of nitrogens with one attached hydrogen (secondary N) is 2. The molecule has 162 valence electrons. The first-order valence-corrected chi connectivity index (χ1v) is 12.0. The maximum Gasteiger partial charge on any atom is 0.266 e. The van der Waals surface area contributed by atoms with Crippen LogP contribution in [0.4, 0.5) is 0 Å². The van der Waals surface area contributed by atoms with Crippen molar-refractivity contribution < 1.29 is 13.2 Å². The minimum Gasteiger partial charge on any atom is -0.496 e. The van der Waals surface area contributed by atoms with Gasteiger partial charge >= 0.3 is 0 Å². The van der Waals surface area contributed by atoms with Gasteiger partial charge < -0.3 is 14.6 Å². The third kappa shape index (κ3) is 4.09. The standard InChI is InChI=1S/C22H23N3O4S2/c1-25(2)12-11-23-31(27,28)15-6-4-14(5-7-15)19-18(29-3)9-8-17-20(19)16-10-13-30-21(16)22(26)24-17/h4-10,13,23H,11-12H2,1-3H3,(H,24,26). The molecule has 0 amide bonds. The molecular weight excluding hydrogens is 434 g/mol. The maximum absolute atomic E-state index is 12.6. The van der Waals surface area contributed by atoms with Gasteiger partial charge in [-0.1, -0.05) is 12.1 Å². The summed E-state index contributed by atoms with van der Waals surface area (Å²) < 4.78 is 34.0. The molecule has 0 aliphatic rings. The highest BCUT2D eigenvalue weighted by molar-refractivity contribution is 7.89. The van der Waals surface area contributed by atoms with Crippen molar-refractivity contribution in [3.05, 3.63) is 58.2 Å². The number of aromatic amines is 1. The van der Waals surface area contributed by atoms with Gasteiger partial charge in [0.1, 0.15) is 10.4 Å². The Balaban J connectivity index is 1.82. The highest BCUT2D eigenvalue weighted by atomic mass is 32.2. The lowest BCUT2D eigenvalue weighted by molar-refractivity contribution is 0.412. The molecule has 2 aromatic carbocycles. The van der Waals surface area contributed by atoms with E-state index in [1.807, 2.05) is 36.5 Å². The number of aromatic nitrogens is 1. The number of rotatable bonds is 7. The number of H-pyrrole nitrogens is 1. The van der Waals surface area contributed by atoms with E-state index < -0.39 is 10.0 Å². The van der Waals surface area contributed by atoms with Gasteiger partial charge in [-0.05, 0) is 55.4 Å². The van der Waals surface area contributed by atoms with E-state index in [1.54, 1.807) is 37.4 Å². The number of methoxy groups -OCH3 is 1. The Kier molecular flexibility index (Phi) is 5.85. The maximum atomic E-state index is 12.6. The van der Waals surface area contributed by atoms with Gasteiger partial charge in [0, 0.05) is 34.9 Å². The summed E-state index contributed by atoms with van der Waals surface area (Å²) in [6, 6.07) is 12.3. The third-order valence-electron chi connectivity index (χ3n) is 5.08. The Morgan fingerprint density at radius 3 is 2.52 bits per heavy atom. The molecule has 0 fully saturated rings. The molecule has 0 aliphatic heterocycles. The lowest BCUT2D eigenvalue weighted by Crippen LogP contribution is -2.31. The lowest BCUT2D eigenvalue weighted by atomic mass is 9.97. The molecule has 0 saturated carbocycles. The van der Waals surface area contributed by atoms with E-state index in [2.05, 4.69) is 9.71 Å². The Morgan fingerprint density at radius 2 is 1.84 bits per heavy atom. The number of nitrogens with zero attached hydrogens (tertiary/aromatic N) is 1. The fourth-order valence-corrected chi connectivity index (χ4v) is 5.39. The summed E-state index contributed by atoms with van der Waals surface area (Å²) in [6.07, 6.45) is 0. The van der Waals surface area contributed by atoms with E-state index in [0.29, 0.717) is 29.1 Å². The van der Waals surface area contributed by atoms with E-state index >= 15 is 0 Å². The van der Waals surface area contributed by atoms with Crippen LogP contribution in [0.3, 0.4) is 0 Å². The molecular formula is C22H23N3O4S2. The molecule has 2 aromatic heterocycles. The molecule has 0 radical (unpaired) electrons. The average Bonchev–Trinajstić information content (AvgIpc) is 3.23. The second-order valence-electron chi connectivity index (χ2n) is 7.41. The molecule has 0 aliphatic carbocycles. The predicted molar refractivity (Wildman–Crippen MR) is 126 cm³/mol. The third-order valence-corrected chi connectivity index (χ3v) is 7.47. The summed E-state index contributed by atoms with van der Waals surface area (Å²) in [5.74, 6) is 0.645. The first-order chi connectivity index (χ1) is 14.8. The van der Waals surface area contributed by atoms with Crippen molar-refractivity contribution in [2.24, 2.45) is 0 Å². The zero-order chi connectivity index (χ0) is 22.2. The Bertz CT molecular complexity index is 1400. The van der Waals surface area contributed by atoms with Crippen LogP contribution < -0.4 is 15.0 Å². The summed E-state index contributed by atoms with van der Waals surface area (Å²) in [5.41, 5.74) is 2.19. The van der Waals surface area contributed by atoms with Gasteiger partial charge in [0.05, 0.1) is 12.0 Å². The van der Waals surface area contributed by atoms with Crippen molar-refractivity contribution in [3.8, 4) is 16.9 Å². The van der Waals surface area contributed by atoms with Crippen molar-refractivity contribution in [1.82, 2.24) is 14.6 Å². The number of fused-ring (bicyclic) bond motifs is 3. The van der Waals surface area contributed by atoms with Gasteiger partial charge in [0.15, 0.2) is 0 Å². The number of hydrogen-bond acceptors (Lipinski definition) is 6. The Morgan fingerprint density at radius 1 is 1.10 bits per heavy atom. The van der Waals surface area contributed by atoms with Crippen molar-refractivity contribution in [1.29, 1.82) is 0 Å². The molecule has 2 heterocycles. The van der Waals surface area contributed by atoms with Crippen LogP contribution in [-0.4, -0.2) is 52.6 Å². The quantitative estimate of drug-likeness (QED) is 0.445. The Hall–Kier alpha value is -2.72. The lowest BCUT2D eigenvalue weighted by Gasteiger charge is -2.14. The summed E-state index contributed by atoms with van der Waals surface area (Å²) >= 11 is 1.39. The highest BCUT2D eigenvalue weighted by Crippen LogP contribution is 2.40. The molecule has 2 N–H and O–H groups in total. The molecule has 0 saturated heterocycles. The smallest absolute Gasteiger partial charge is 0.266 e. The normalized spacial score (nSPS) is 12.1. The largest absolute Gasteiger partial charge is 0.496 e. The topological polar surface area (TPSA) is 91.5 Å². The van der Waals surface area contributed by atoms with Gasteiger partial charge in [0.25, 0.3) is 5.56 Å². The van der Waals surface area contributed by atoms with Crippen molar-refractivity contribution >= 4 is 42.3 Å². The van der Waals surface area contributed by atoms with Crippen LogP contribution in [0, 0.1) is 0 Å². The van der Waals surface area contributed by atoms with Gasteiger partial charge in [-0.15, -0.1) is 11.3 Å². The van der Waals surface area contributed by atoms with Crippen LogP contribution in [0.2, 0.25) is 0 Å². The van der Waals surface area contributed by atoms with Crippen LogP contribution in [0.25, 0.3) is 32.1 Å². The van der Waals surface area contributed by atoms with Crippen molar-refractivity contribution in [3.63, 3.8) is 0 Å². The first kappa shape index (κ1) is 21.5. The fourth-order valence-electron chi connectivity index (χ4n) is 3.57. The van der Waals surface area contributed by atoms with E-state index in [-0.39, 0.29) is 10.5 Å². The van der Waals surface area contributed by atoms with Gasteiger partial charge in [-0.3, -0.25) is 4.79 Å². The average molecular weight is 458 g/mol. The number of likely N-dealkylation sites (N-methyl/N-ethyl adjacent to an activating group) is 1. The van der Waals surface area contributed by atoms with Gasteiger partial charge in [-0.2, -0.15) is 0 Å². The molecule has 31 heavy (non-hydrogen) atoms. The molecule has 4 rings (SSSR count). The van der Waals surface area contributed by atoms with Crippen LogP contribution in [0.5, 0.6) is 5.75 Å². The van der Waals surface area contributed by atoms with Crippen molar-refractivity contribution in [2.45, 2.75) is 4.90 Å². The van der Waals surface area contributed by atoms with Crippen LogP contribution >= 0.6 is 11.3 Å². The number of hydrogen-bond donors (Lipinski definition) is 2. The number of benzene rings is 2. The monoisotopic (exact) mass is 457 g/mol. The summed E-state index contributed by atoms with van der Waals surface area (Å²) in [5, 5.41) is 3.60. The summed E-state index contributed by atoms with van der Waals surface area (Å²) in [7, 11) is 1.77. The van der Waals surface area contributed by atoms with Crippen LogP contribution in [0.1, 0.15) is 0 Å².